The Labute approximate surface area is 97.7 Å². The molecule has 1 aromatic heterocycles. The molecule has 0 aliphatic rings. The van der Waals surface area contributed by atoms with Crippen LogP contribution in [0.5, 0.6) is 0 Å². The van der Waals surface area contributed by atoms with Crippen molar-refractivity contribution in [2.45, 2.75) is 13.3 Å². The zero-order valence-electron chi connectivity index (χ0n) is 8.42. The van der Waals surface area contributed by atoms with Crippen molar-refractivity contribution in [3.05, 3.63) is 34.7 Å². The Balaban J connectivity index is 2.44. The fraction of sp³-hybridized carbons (Fsp3) is 0.250. The van der Waals surface area contributed by atoms with Gasteiger partial charge in [0.1, 0.15) is 0 Å². The lowest BCUT2D eigenvalue weighted by atomic mass is 10.1. The summed E-state index contributed by atoms with van der Waals surface area (Å²) < 4.78 is 1.24. The van der Waals surface area contributed by atoms with Crippen molar-refractivity contribution in [2.24, 2.45) is 0 Å². The molecule has 0 radical (unpaired) electrons. The van der Waals surface area contributed by atoms with Gasteiger partial charge in [-0.05, 0) is 23.9 Å². The SMILES string of the molecule is Cc1c(CC(=O)CCl)sc2ccccc12. The lowest BCUT2D eigenvalue weighted by molar-refractivity contribution is -0.116. The Morgan fingerprint density at radius 2 is 2.13 bits per heavy atom. The Hall–Kier alpha value is -0.860. The minimum atomic E-state index is 0.0892. The molecule has 0 unspecified atom stereocenters. The number of carbonyl (C=O) groups is 1. The van der Waals surface area contributed by atoms with E-state index in [1.807, 2.05) is 12.1 Å². The third-order valence-electron chi connectivity index (χ3n) is 2.45. The molecule has 2 rings (SSSR count). The van der Waals surface area contributed by atoms with Crippen LogP contribution in [0.2, 0.25) is 0 Å². The monoisotopic (exact) mass is 238 g/mol. The summed E-state index contributed by atoms with van der Waals surface area (Å²) in [6.45, 7) is 2.07. The van der Waals surface area contributed by atoms with Crippen LogP contribution in [0.3, 0.4) is 0 Å². The molecule has 0 aliphatic carbocycles. The first-order chi connectivity index (χ1) is 7.22. The van der Waals surface area contributed by atoms with Gasteiger partial charge in [-0.15, -0.1) is 22.9 Å². The standard InChI is InChI=1S/C12H11ClOS/c1-8-10-4-2-3-5-11(10)15-12(8)6-9(14)7-13/h2-5H,6-7H2,1H3. The molecule has 0 atom stereocenters. The summed E-state index contributed by atoms with van der Waals surface area (Å²) in [6.07, 6.45) is 0.467. The zero-order valence-corrected chi connectivity index (χ0v) is 9.99. The van der Waals surface area contributed by atoms with Gasteiger partial charge in [0.15, 0.2) is 5.78 Å². The smallest absolute Gasteiger partial charge is 0.152 e. The van der Waals surface area contributed by atoms with E-state index in [4.69, 9.17) is 11.6 Å². The second kappa shape index (κ2) is 4.33. The molecule has 3 heteroatoms. The highest BCUT2D eigenvalue weighted by Crippen LogP contribution is 2.30. The molecule has 0 saturated carbocycles. The first-order valence-corrected chi connectivity index (χ1v) is 6.12. The van der Waals surface area contributed by atoms with Crippen molar-refractivity contribution >= 4 is 38.8 Å². The maximum atomic E-state index is 11.3. The lowest BCUT2D eigenvalue weighted by Gasteiger charge is -1.95. The van der Waals surface area contributed by atoms with E-state index in [0.717, 1.165) is 4.88 Å². The van der Waals surface area contributed by atoms with Gasteiger partial charge in [-0.2, -0.15) is 0 Å². The molecule has 0 amide bonds. The molecule has 78 valence electrons. The largest absolute Gasteiger partial charge is 0.298 e. The van der Waals surface area contributed by atoms with Gasteiger partial charge in [0.2, 0.25) is 0 Å². The van der Waals surface area contributed by atoms with Gasteiger partial charge in [-0.1, -0.05) is 18.2 Å². The first-order valence-electron chi connectivity index (χ1n) is 4.77. The van der Waals surface area contributed by atoms with Gasteiger partial charge in [-0.3, -0.25) is 4.79 Å². The number of benzene rings is 1. The average Bonchev–Trinajstić information content (AvgIpc) is 2.57. The fourth-order valence-corrected chi connectivity index (χ4v) is 2.95. The first kappa shape index (κ1) is 10.7. The Morgan fingerprint density at radius 3 is 2.80 bits per heavy atom. The van der Waals surface area contributed by atoms with Crippen molar-refractivity contribution < 1.29 is 4.79 Å². The molecule has 1 aromatic carbocycles. The summed E-state index contributed by atoms with van der Waals surface area (Å²) in [5.74, 6) is 0.194. The number of hydrogen-bond acceptors (Lipinski definition) is 2. The van der Waals surface area contributed by atoms with E-state index in [9.17, 15) is 4.79 Å². The van der Waals surface area contributed by atoms with Crippen molar-refractivity contribution in [1.29, 1.82) is 0 Å². The molecule has 1 nitrogen and oxygen atoms in total. The van der Waals surface area contributed by atoms with Gasteiger partial charge >= 0.3 is 0 Å². The van der Waals surface area contributed by atoms with Gasteiger partial charge in [-0.25, -0.2) is 0 Å². The molecule has 0 N–H and O–H groups in total. The van der Waals surface area contributed by atoms with E-state index in [1.54, 1.807) is 11.3 Å². The summed E-state index contributed by atoms with van der Waals surface area (Å²) in [5.41, 5.74) is 1.22. The minimum Gasteiger partial charge on any atom is -0.298 e. The van der Waals surface area contributed by atoms with Crippen LogP contribution in [0.4, 0.5) is 0 Å². The molecule has 1 heterocycles. The van der Waals surface area contributed by atoms with Gasteiger partial charge in [0.25, 0.3) is 0 Å². The maximum absolute atomic E-state index is 11.3. The number of thiophene rings is 1. The summed E-state index contributed by atoms with van der Waals surface area (Å²) in [7, 11) is 0. The third-order valence-corrected chi connectivity index (χ3v) is 4.02. The van der Waals surface area contributed by atoms with Crippen LogP contribution in [0, 0.1) is 6.92 Å². The molecule has 2 aromatic rings. The van der Waals surface area contributed by atoms with Gasteiger partial charge < -0.3 is 0 Å². The summed E-state index contributed by atoms with van der Waals surface area (Å²) in [5, 5.41) is 1.25. The summed E-state index contributed by atoms with van der Waals surface area (Å²) >= 11 is 7.20. The van der Waals surface area contributed by atoms with E-state index in [1.165, 1.54) is 15.6 Å². The molecular formula is C12H11ClOS. The molecule has 0 aliphatic heterocycles. The quantitative estimate of drug-likeness (QED) is 0.748. The Kier molecular flexibility index (Phi) is 3.08. The van der Waals surface area contributed by atoms with Crippen LogP contribution in [0.15, 0.2) is 24.3 Å². The second-order valence-electron chi connectivity index (χ2n) is 3.50. The number of ketones is 1. The van der Waals surface area contributed by atoms with E-state index in [-0.39, 0.29) is 11.7 Å². The van der Waals surface area contributed by atoms with Crippen molar-refractivity contribution in [1.82, 2.24) is 0 Å². The number of rotatable bonds is 3. The Morgan fingerprint density at radius 1 is 1.40 bits per heavy atom. The predicted octanol–water partition coefficient (Wildman–Crippen LogP) is 3.56. The summed E-state index contributed by atoms with van der Waals surface area (Å²) in [6, 6.07) is 8.22. The van der Waals surface area contributed by atoms with Crippen molar-refractivity contribution in [2.75, 3.05) is 5.88 Å². The normalized spacial score (nSPS) is 10.8. The third kappa shape index (κ3) is 2.06. The van der Waals surface area contributed by atoms with E-state index in [2.05, 4.69) is 19.1 Å². The molecule has 15 heavy (non-hydrogen) atoms. The fourth-order valence-electron chi connectivity index (χ4n) is 1.62. The molecule has 0 saturated heterocycles. The highest BCUT2D eigenvalue weighted by molar-refractivity contribution is 7.19. The number of hydrogen-bond donors (Lipinski definition) is 0. The number of fused-ring (bicyclic) bond motifs is 1. The van der Waals surface area contributed by atoms with Crippen LogP contribution >= 0.6 is 22.9 Å². The minimum absolute atomic E-state index is 0.0892. The zero-order chi connectivity index (χ0) is 10.8. The van der Waals surface area contributed by atoms with E-state index < -0.39 is 0 Å². The number of alkyl halides is 1. The van der Waals surface area contributed by atoms with Gasteiger partial charge in [0, 0.05) is 16.0 Å². The Bertz CT molecular complexity index is 501. The van der Waals surface area contributed by atoms with Crippen LogP contribution in [0.25, 0.3) is 10.1 Å². The van der Waals surface area contributed by atoms with E-state index >= 15 is 0 Å². The van der Waals surface area contributed by atoms with Crippen LogP contribution in [-0.4, -0.2) is 11.7 Å². The topological polar surface area (TPSA) is 17.1 Å². The number of aryl methyl sites for hydroxylation is 1. The predicted molar refractivity (Wildman–Crippen MR) is 66.0 cm³/mol. The van der Waals surface area contributed by atoms with Crippen molar-refractivity contribution in [3.63, 3.8) is 0 Å². The van der Waals surface area contributed by atoms with Gasteiger partial charge in [0.05, 0.1) is 5.88 Å². The molecule has 0 bridgehead atoms. The van der Waals surface area contributed by atoms with Crippen LogP contribution in [-0.2, 0) is 11.2 Å². The van der Waals surface area contributed by atoms with E-state index in [0.29, 0.717) is 6.42 Å². The highest BCUT2D eigenvalue weighted by atomic mass is 35.5. The highest BCUT2D eigenvalue weighted by Gasteiger charge is 2.10. The number of Topliss-reactive ketones (excluding diaryl/α,β-unsaturated/α-hetero) is 1. The molecular weight excluding hydrogens is 228 g/mol. The van der Waals surface area contributed by atoms with Crippen LogP contribution < -0.4 is 0 Å². The van der Waals surface area contributed by atoms with Crippen LogP contribution in [0.1, 0.15) is 10.4 Å². The second-order valence-corrected chi connectivity index (χ2v) is 4.90. The number of halogens is 1. The summed E-state index contributed by atoms with van der Waals surface area (Å²) in [4.78, 5) is 12.4. The molecule has 0 fully saturated rings. The number of carbonyl (C=O) groups excluding carboxylic acids is 1. The van der Waals surface area contributed by atoms with Crippen molar-refractivity contribution in [3.8, 4) is 0 Å². The lowest BCUT2D eigenvalue weighted by Crippen LogP contribution is -2.02. The maximum Gasteiger partial charge on any atom is 0.152 e. The molecule has 0 spiro atoms. The average molecular weight is 239 g/mol.